The minimum Gasteiger partial charge on any atom is -0.479 e. The number of hydrogen-bond acceptors (Lipinski definition) is 4. The second-order valence-corrected chi connectivity index (χ2v) is 5.58. The molecule has 2 heterocycles. The number of fused-ring (bicyclic) bond motifs is 1. The average Bonchev–Trinajstić information content (AvgIpc) is 2.85. The first-order chi connectivity index (χ1) is 9.15. The Balaban J connectivity index is 2.12. The van der Waals surface area contributed by atoms with E-state index in [0.717, 1.165) is 29.8 Å². The molecule has 0 fully saturated rings. The molecule has 1 aliphatic rings. The molecule has 2 rings (SSSR count). The number of carboxylic acids is 1. The van der Waals surface area contributed by atoms with Crippen LogP contribution in [-0.2, 0) is 16.0 Å². The van der Waals surface area contributed by atoms with Gasteiger partial charge >= 0.3 is 5.97 Å². The van der Waals surface area contributed by atoms with Gasteiger partial charge in [-0.1, -0.05) is 0 Å². The van der Waals surface area contributed by atoms with Crippen molar-refractivity contribution in [3.63, 3.8) is 0 Å². The maximum Gasteiger partial charge on any atom is 0.331 e. The van der Waals surface area contributed by atoms with E-state index in [9.17, 15) is 14.7 Å². The summed E-state index contributed by atoms with van der Waals surface area (Å²) in [5, 5.41) is 14.3. The van der Waals surface area contributed by atoms with Crippen molar-refractivity contribution in [1.29, 1.82) is 0 Å². The van der Waals surface area contributed by atoms with Gasteiger partial charge in [-0.3, -0.25) is 4.79 Å². The minimum absolute atomic E-state index is 0.0699. The molecule has 0 spiro atoms. The standard InChI is InChI=1S/C13H18N2O3S/c1-14-6-2-3-11(16)15-7-4-10-9(5-8-19-10)12(15)13(17)18/h5,8,12,14H,2-4,6-7H2,1H3,(H,17,18). The molecule has 1 aromatic rings. The first kappa shape index (κ1) is 14.0. The summed E-state index contributed by atoms with van der Waals surface area (Å²) in [6, 6.07) is 1.02. The number of carbonyl (C=O) groups is 2. The molecular weight excluding hydrogens is 264 g/mol. The summed E-state index contributed by atoms with van der Waals surface area (Å²) >= 11 is 1.57. The Morgan fingerprint density at radius 1 is 1.58 bits per heavy atom. The Kier molecular flexibility index (Phi) is 4.55. The fourth-order valence-electron chi connectivity index (χ4n) is 2.41. The Hall–Kier alpha value is -1.40. The van der Waals surface area contributed by atoms with E-state index in [-0.39, 0.29) is 5.91 Å². The van der Waals surface area contributed by atoms with Gasteiger partial charge in [-0.05, 0) is 43.4 Å². The van der Waals surface area contributed by atoms with Crippen molar-refractivity contribution < 1.29 is 14.7 Å². The van der Waals surface area contributed by atoms with Crippen LogP contribution < -0.4 is 5.32 Å². The van der Waals surface area contributed by atoms with Gasteiger partial charge in [-0.25, -0.2) is 4.79 Å². The molecule has 0 bridgehead atoms. The van der Waals surface area contributed by atoms with E-state index in [1.807, 2.05) is 18.5 Å². The number of carbonyl (C=O) groups excluding carboxylic acids is 1. The van der Waals surface area contributed by atoms with Crippen LogP contribution in [-0.4, -0.2) is 42.0 Å². The Bertz CT molecular complexity index is 472. The van der Waals surface area contributed by atoms with Crippen molar-refractivity contribution >= 4 is 23.2 Å². The van der Waals surface area contributed by atoms with E-state index in [2.05, 4.69) is 5.32 Å². The molecule has 2 N–H and O–H groups in total. The highest BCUT2D eigenvalue weighted by Gasteiger charge is 2.36. The molecule has 1 aliphatic heterocycles. The highest BCUT2D eigenvalue weighted by Crippen LogP contribution is 2.33. The fraction of sp³-hybridized carbons (Fsp3) is 0.538. The van der Waals surface area contributed by atoms with Crippen LogP contribution in [0.2, 0.25) is 0 Å². The van der Waals surface area contributed by atoms with Crippen LogP contribution in [0.15, 0.2) is 11.4 Å². The molecule has 0 saturated carbocycles. The summed E-state index contributed by atoms with van der Waals surface area (Å²) in [5.41, 5.74) is 0.783. The largest absolute Gasteiger partial charge is 0.479 e. The molecule has 0 saturated heterocycles. The second kappa shape index (κ2) is 6.16. The number of carboxylic acid groups (broad SMARTS) is 1. The summed E-state index contributed by atoms with van der Waals surface area (Å²) in [6.07, 6.45) is 1.88. The molecule has 1 unspecified atom stereocenters. The molecule has 6 heteroatoms. The molecule has 1 atom stereocenters. The molecular formula is C13H18N2O3S. The van der Waals surface area contributed by atoms with Crippen LogP contribution >= 0.6 is 11.3 Å². The Morgan fingerprint density at radius 2 is 2.37 bits per heavy atom. The smallest absolute Gasteiger partial charge is 0.331 e. The lowest BCUT2D eigenvalue weighted by atomic mass is 9.99. The normalized spacial score (nSPS) is 18.2. The zero-order chi connectivity index (χ0) is 13.8. The number of thiophene rings is 1. The molecule has 0 aliphatic carbocycles. The topological polar surface area (TPSA) is 69.6 Å². The van der Waals surface area contributed by atoms with E-state index in [1.54, 1.807) is 11.3 Å². The van der Waals surface area contributed by atoms with Crippen molar-refractivity contribution in [1.82, 2.24) is 10.2 Å². The second-order valence-electron chi connectivity index (χ2n) is 4.58. The lowest BCUT2D eigenvalue weighted by Gasteiger charge is -2.33. The van der Waals surface area contributed by atoms with Crippen LogP contribution in [0.5, 0.6) is 0 Å². The van der Waals surface area contributed by atoms with Gasteiger partial charge in [0.15, 0.2) is 6.04 Å². The quantitative estimate of drug-likeness (QED) is 0.798. The number of hydrogen-bond donors (Lipinski definition) is 2. The predicted molar refractivity (Wildman–Crippen MR) is 73.3 cm³/mol. The molecule has 1 amide bonds. The van der Waals surface area contributed by atoms with Gasteiger partial charge in [-0.2, -0.15) is 0 Å². The molecule has 19 heavy (non-hydrogen) atoms. The Morgan fingerprint density at radius 3 is 3.05 bits per heavy atom. The van der Waals surface area contributed by atoms with E-state index in [0.29, 0.717) is 13.0 Å². The Labute approximate surface area is 116 Å². The molecule has 0 radical (unpaired) electrons. The number of aliphatic carboxylic acids is 1. The number of nitrogens with zero attached hydrogens (tertiary/aromatic N) is 1. The van der Waals surface area contributed by atoms with Gasteiger partial charge in [-0.15, -0.1) is 11.3 Å². The summed E-state index contributed by atoms with van der Waals surface area (Å²) in [7, 11) is 1.84. The highest BCUT2D eigenvalue weighted by atomic mass is 32.1. The zero-order valence-electron chi connectivity index (χ0n) is 10.9. The van der Waals surface area contributed by atoms with Crippen molar-refractivity contribution in [2.45, 2.75) is 25.3 Å². The zero-order valence-corrected chi connectivity index (χ0v) is 11.7. The lowest BCUT2D eigenvalue weighted by Crippen LogP contribution is -2.43. The van der Waals surface area contributed by atoms with Gasteiger partial charge < -0.3 is 15.3 Å². The molecule has 1 aromatic heterocycles. The van der Waals surface area contributed by atoms with Crippen LogP contribution in [0.25, 0.3) is 0 Å². The van der Waals surface area contributed by atoms with E-state index >= 15 is 0 Å². The third-order valence-electron chi connectivity index (χ3n) is 3.34. The summed E-state index contributed by atoms with van der Waals surface area (Å²) in [5.74, 6) is -1.01. The van der Waals surface area contributed by atoms with E-state index in [1.165, 1.54) is 4.90 Å². The SMILES string of the molecule is CNCCCC(=O)N1CCc2sccc2C1C(=O)O. The number of rotatable bonds is 5. The van der Waals surface area contributed by atoms with Crippen LogP contribution in [0.1, 0.15) is 29.3 Å². The number of amides is 1. The third kappa shape index (κ3) is 2.96. The van der Waals surface area contributed by atoms with Crippen molar-refractivity contribution in [2.24, 2.45) is 0 Å². The number of nitrogens with one attached hydrogen (secondary N) is 1. The van der Waals surface area contributed by atoms with Gasteiger partial charge in [0.2, 0.25) is 5.91 Å². The van der Waals surface area contributed by atoms with Crippen molar-refractivity contribution in [3.8, 4) is 0 Å². The van der Waals surface area contributed by atoms with Gasteiger partial charge in [0.05, 0.1) is 0 Å². The van der Waals surface area contributed by atoms with Crippen LogP contribution in [0.4, 0.5) is 0 Å². The maximum atomic E-state index is 12.2. The van der Waals surface area contributed by atoms with Crippen LogP contribution in [0.3, 0.4) is 0 Å². The van der Waals surface area contributed by atoms with Crippen molar-refractivity contribution in [2.75, 3.05) is 20.1 Å². The lowest BCUT2D eigenvalue weighted by molar-refractivity contribution is -0.151. The molecule has 104 valence electrons. The van der Waals surface area contributed by atoms with Crippen LogP contribution in [0, 0.1) is 0 Å². The summed E-state index contributed by atoms with van der Waals surface area (Å²) in [4.78, 5) is 26.2. The van der Waals surface area contributed by atoms with Gasteiger partial charge in [0, 0.05) is 17.8 Å². The first-order valence-electron chi connectivity index (χ1n) is 6.38. The third-order valence-corrected chi connectivity index (χ3v) is 4.33. The summed E-state index contributed by atoms with van der Waals surface area (Å²) < 4.78 is 0. The van der Waals surface area contributed by atoms with Gasteiger partial charge in [0.25, 0.3) is 0 Å². The maximum absolute atomic E-state index is 12.2. The monoisotopic (exact) mass is 282 g/mol. The van der Waals surface area contributed by atoms with Gasteiger partial charge in [0.1, 0.15) is 0 Å². The van der Waals surface area contributed by atoms with Crippen molar-refractivity contribution in [3.05, 3.63) is 21.9 Å². The molecule has 0 aromatic carbocycles. The minimum atomic E-state index is -0.943. The summed E-state index contributed by atoms with van der Waals surface area (Å²) in [6.45, 7) is 1.27. The van der Waals surface area contributed by atoms with E-state index in [4.69, 9.17) is 0 Å². The van der Waals surface area contributed by atoms with E-state index < -0.39 is 12.0 Å². The fourth-order valence-corrected chi connectivity index (χ4v) is 3.32. The average molecular weight is 282 g/mol. The highest BCUT2D eigenvalue weighted by molar-refractivity contribution is 7.10. The molecule has 5 nitrogen and oxygen atoms in total. The first-order valence-corrected chi connectivity index (χ1v) is 7.26. The predicted octanol–water partition coefficient (Wildman–Crippen LogP) is 1.26.